The summed E-state index contributed by atoms with van der Waals surface area (Å²) in [5.74, 6) is 2.59. The second kappa shape index (κ2) is 17.1. The predicted molar refractivity (Wildman–Crippen MR) is 143 cm³/mol. The van der Waals surface area contributed by atoms with Crippen molar-refractivity contribution in [3.8, 4) is 0 Å². The van der Waals surface area contributed by atoms with Gasteiger partial charge in [0.2, 0.25) is 5.95 Å². The van der Waals surface area contributed by atoms with Crippen LogP contribution in [0.25, 0.3) is 0 Å². The fraction of sp³-hybridized carbons (Fsp3) is 0.593. The van der Waals surface area contributed by atoms with Gasteiger partial charge in [-0.3, -0.25) is 4.79 Å². The van der Waals surface area contributed by atoms with E-state index in [-0.39, 0.29) is 71.1 Å². The zero-order valence-corrected chi connectivity index (χ0v) is 29.2. The maximum absolute atomic E-state index is 13.2. The van der Waals surface area contributed by atoms with Gasteiger partial charge >= 0.3 is 59.1 Å². The first-order valence-electron chi connectivity index (χ1n) is 13.3. The van der Waals surface area contributed by atoms with Gasteiger partial charge in [-0.05, 0) is 61.6 Å². The molecule has 0 bridgehead atoms. The van der Waals surface area contributed by atoms with Gasteiger partial charge in [0.15, 0.2) is 0 Å². The number of hydrogen-bond acceptors (Lipinski definition) is 9. The van der Waals surface area contributed by atoms with E-state index in [2.05, 4.69) is 52.6 Å². The van der Waals surface area contributed by atoms with E-state index in [9.17, 15) is 4.79 Å². The monoisotopic (exact) mass is 589 g/mol. The molecule has 0 radical (unpaired) electrons. The van der Waals surface area contributed by atoms with Crippen molar-refractivity contribution in [2.75, 3.05) is 30.5 Å². The number of carbonyl (C=O) groups excluding carboxylic acids is 1. The second-order valence-corrected chi connectivity index (χ2v) is 11.1. The van der Waals surface area contributed by atoms with Crippen LogP contribution < -0.4 is 84.4 Å². The minimum atomic E-state index is -3.12. The molecular formula is C27H38N5Na2O5P. The number of nitrogens with one attached hydrogen (secondary N) is 2. The number of ether oxygens (including phenoxy) is 1. The van der Waals surface area contributed by atoms with E-state index in [0.29, 0.717) is 48.4 Å². The van der Waals surface area contributed by atoms with Crippen LogP contribution >= 0.6 is 8.60 Å². The van der Waals surface area contributed by atoms with Gasteiger partial charge < -0.3 is 35.0 Å². The van der Waals surface area contributed by atoms with Crippen molar-refractivity contribution in [1.82, 2.24) is 15.3 Å². The first kappa shape index (κ1) is 35.8. The van der Waals surface area contributed by atoms with Crippen molar-refractivity contribution in [3.05, 3.63) is 46.6 Å². The van der Waals surface area contributed by atoms with Crippen molar-refractivity contribution in [1.29, 1.82) is 0 Å². The number of nitrogens with zero attached hydrogens (tertiary/aromatic N) is 3. The van der Waals surface area contributed by atoms with Crippen LogP contribution in [0.5, 0.6) is 0 Å². The molecule has 13 heteroatoms. The van der Waals surface area contributed by atoms with Gasteiger partial charge in [-0.25, -0.2) is 4.98 Å². The Labute approximate surface area is 282 Å². The Morgan fingerprint density at radius 1 is 1.18 bits per heavy atom. The Bertz CT molecular complexity index is 1110. The fourth-order valence-corrected chi connectivity index (χ4v) is 5.61. The van der Waals surface area contributed by atoms with E-state index in [1.807, 2.05) is 0 Å². The third-order valence-electron chi connectivity index (χ3n) is 7.89. The summed E-state index contributed by atoms with van der Waals surface area (Å²) in [5, 5.41) is 6.69. The van der Waals surface area contributed by atoms with Crippen LogP contribution in [0.15, 0.2) is 24.4 Å². The van der Waals surface area contributed by atoms with Gasteiger partial charge in [0.05, 0.1) is 12.6 Å². The molecule has 1 aromatic carbocycles. The number of hydrogen-bond donors (Lipinski definition) is 3. The van der Waals surface area contributed by atoms with E-state index < -0.39 is 8.60 Å². The maximum atomic E-state index is 13.2. The largest absolute Gasteiger partial charge is 1.00 e. The molecule has 1 aromatic heterocycles. The third-order valence-corrected chi connectivity index (χ3v) is 7.89. The molecule has 2 aromatic rings. The molecular weight excluding hydrogens is 551 g/mol. The van der Waals surface area contributed by atoms with E-state index in [0.717, 1.165) is 19.4 Å². The molecule has 3 unspecified atom stereocenters. The van der Waals surface area contributed by atoms with Gasteiger partial charge in [0.25, 0.3) is 5.91 Å². The topological polar surface area (TPSA) is 146 Å². The van der Waals surface area contributed by atoms with Gasteiger partial charge in [-0.2, -0.15) is 13.6 Å². The quantitative estimate of drug-likeness (QED) is 0.208. The number of aromatic nitrogens is 2. The molecule has 3 aliphatic rings. The molecule has 2 heterocycles. The molecule has 1 saturated heterocycles. The zero-order valence-electron chi connectivity index (χ0n) is 24.4. The molecule has 0 spiro atoms. The van der Waals surface area contributed by atoms with E-state index in [1.165, 1.54) is 42.4 Å². The fourth-order valence-electron chi connectivity index (χ4n) is 5.61. The molecule has 1 aliphatic heterocycles. The minimum absolute atomic E-state index is 0. The summed E-state index contributed by atoms with van der Waals surface area (Å²) in [6, 6.07) is 7.01. The number of piperidine rings is 1. The molecule has 40 heavy (non-hydrogen) atoms. The van der Waals surface area contributed by atoms with Gasteiger partial charge in [-0.15, -0.1) is 0 Å². The average molecular weight is 590 g/mol. The number of methoxy groups -OCH3 is 1. The van der Waals surface area contributed by atoms with Crippen LogP contribution in [-0.4, -0.2) is 53.1 Å². The van der Waals surface area contributed by atoms with E-state index in [4.69, 9.17) is 24.4 Å². The van der Waals surface area contributed by atoms with Crippen molar-refractivity contribution in [2.24, 2.45) is 11.8 Å². The summed E-state index contributed by atoms with van der Waals surface area (Å²) in [6.07, 6.45) is 8.68. The van der Waals surface area contributed by atoms with Crippen LogP contribution in [0.2, 0.25) is 0 Å². The average Bonchev–Trinajstić information content (AvgIpc) is 3.58. The molecule has 2 saturated carbocycles. The van der Waals surface area contributed by atoms with Gasteiger partial charge in [-0.1, -0.05) is 37.5 Å². The molecule has 3 atom stereocenters. The third kappa shape index (κ3) is 9.85. The Morgan fingerprint density at radius 3 is 2.52 bits per heavy atom. The zero-order chi connectivity index (χ0) is 27.2. The van der Waals surface area contributed by atoms with Crippen molar-refractivity contribution < 1.29 is 83.3 Å². The van der Waals surface area contributed by atoms with E-state index >= 15 is 0 Å². The van der Waals surface area contributed by atoms with E-state index in [1.54, 1.807) is 13.3 Å². The van der Waals surface area contributed by atoms with Crippen LogP contribution in [0.1, 0.15) is 65.6 Å². The maximum Gasteiger partial charge on any atom is 1.00 e. The van der Waals surface area contributed by atoms with Crippen molar-refractivity contribution in [3.63, 3.8) is 0 Å². The molecule has 3 fully saturated rings. The normalized spacial score (nSPS) is 21.4. The summed E-state index contributed by atoms with van der Waals surface area (Å²) in [5.41, 5.74) is 4.22. The van der Waals surface area contributed by atoms with Crippen LogP contribution in [-0.2, 0) is 11.3 Å². The Morgan fingerprint density at radius 2 is 1.88 bits per heavy atom. The van der Waals surface area contributed by atoms with Crippen molar-refractivity contribution in [2.45, 2.75) is 71.0 Å². The Hall–Kier alpha value is -0.360. The smallest absolute Gasteiger partial charge is 0.820 e. The molecule has 208 valence electrons. The number of rotatable bonds is 8. The summed E-state index contributed by atoms with van der Waals surface area (Å²) < 4.78 is 5.50. The number of benzene rings is 1. The number of fused-ring (bicyclic) bond motifs is 1. The molecule has 10 nitrogen and oxygen atoms in total. The summed E-state index contributed by atoms with van der Waals surface area (Å²) in [7, 11) is -1.37. The number of anilines is 2. The first-order chi connectivity index (χ1) is 18.3. The molecule has 5 rings (SSSR count). The standard InChI is InChI=1S/C27H37N5O2.2Na.HO3P/c1-17-9-10-19(11-18(17)2)13-28-25-23(26(33)30-21-7-5-4-6-8-21)14-29-27(31-25)32-15-20-12-22(20)24(32)16-34-3;;;1-4(2)3/h9-11,14,20-22,24H,4-8,12-13,15-16H2,1-3H3,(H,30,33)(H,28,29,31);;;1H/q;2*+1;-2. The van der Waals surface area contributed by atoms with Gasteiger partial charge in [0, 0.05) is 32.4 Å². The van der Waals surface area contributed by atoms with Crippen LogP contribution in [0.4, 0.5) is 11.8 Å². The molecule has 1 amide bonds. The number of amides is 1. The molecule has 3 N–H and O–H groups in total. The second-order valence-electron chi connectivity index (χ2n) is 10.6. The Balaban J connectivity index is 0.000000877. The SMILES string of the molecule is COCC1C2CC2CN1c1ncc(C(=O)NC2CCCCC2)c(NCc2ccc(C)c(C)c2)n1.[Na+].[Na+].[O-]P([O-])O. The van der Waals surface area contributed by atoms with Crippen LogP contribution in [0.3, 0.4) is 0 Å². The minimum Gasteiger partial charge on any atom is -0.820 e. The number of aryl methyl sites for hydroxylation is 2. The predicted octanol–water partition coefficient (Wildman–Crippen LogP) is -3.83. The number of carbonyl (C=O) groups is 1. The summed E-state index contributed by atoms with van der Waals surface area (Å²) in [4.78, 5) is 49.3. The van der Waals surface area contributed by atoms with Gasteiger partial charge in [0.1, 0.15) is 11.4 Å². The van der Waals surface area contributed by atoms with Crippen LogP contribution in [0, 0.1) is 25.7 Å². The summed E-state index contributed by atoms with van der Waals surface area (Å²) in [6.45, 7) is 6.49. The Kier molecular flexibility index (Phi) is 15.3. The van der Waals surface area contributed by atoms with Crippen molar-refractivity contribution >= 4 is 26.3 Å². The summed E-state index contributed by atoms with van der Waals surface area (Å²) >= 11 is 0. The molecule has 2 aliphatic carbocycles. The first-order valence-corrected chi connectivity index (χ1v) is 14.5.